The summed E-state index contributed by atoms with van der Waals surface area (Å²) < 4.78 is 1.99. The molecule has 1 saturated heterocycles. The Bertz CT molecular complexity index is 815. The van der Waals surface area contributed by atoms with Crippen LogP contribution in [0.25, 0.3) is 11.3 Å². The van der Waals surface area contributed by atoms with Crippen molar-refractivity contribution >= 4 is 5.91 Å². The minimum absolute atomic E-state index is 0.0970. The number of nitrogens with zero attached hydrogens (tertiary/aromatic N) is 3. The summed E-state index contributed by atoms with van der Waals surface area (Å²) >= 11 is 0. The minimum atomic E-state index is 0.0970. The van der Waals surface area contributed by atoms with Crippen LogP contribution in [0.4, 0.5) is 0 Å². The van der Waals surface area contributed by atoms with Crippen LogP contribution < -0.4 is 0 Å². The largest absolute Gasteiger partial charge is 0.351 e. The van der Waals surface area contributed by atoms with Crippen molar-refractivity contribution < 1.29 is 4.79 Å². The molecule has 5 nitrogen and oxygen atoms in total. The number of H-pyrrole nitrogens is 1. The quantitative estimate of drug-likeness (QED) is 0.795. The highest BCUT2D eigenvalue weighted by molar-refractivity contribution is 5.93. The number of carbonyl (C=O) groups excluding carboxylic acids is 1. The molecule has 4 rings (SSSR count). The monoisotopic (exact) mass is 334 g/mol. The molecule has 128 valence electrons. The number of carbonyl (C=O) groups is 1. The van der Waals surface area contributed by atoms with E-state index in [9.17, 15) is 4.79 Å². The zero-order valence-corrected chi connectivity index (χ0v) is 14.1. The molecule has 2 aromatic heterocycles. The van der Waals surface area contributed by atoms with Gasteiger partial charge in [-0.2, -0.15) is 5.10 Å². The van der Waals surface area contributed by atoms with Gasteiger partial charge < -0.3 is 9.88 Å². The molecule has 1 N–H and O–H groups in total. The number of rotatable bonds is 4. The summed E-state index contributed by atoms with van der Waals surface area (Å²) in [5, 5.41) is 4.27. The van der Waals surface area contributed by atoms with Gasteiger partial charge in [0.15, 0.2) is 0 Å². The first-order valence-corrected chi connectivity index (χ1v) is 8.81. The molecule has 5 heteroatoms. The molecule has 0 unspecified atom stereocenters. The SMILES string of the molecule is O=C(c1ccc(-c2ccccc2)[nH]1)N1CCC(Cn2cccn2)CC1. The first-order chi connectivity index (χ1) is 12.3. The second-order valence-corrected chi connectivity index (χ2v) is 6.62. The van der Waals surface area contributed by atoms with Gasteiger partial charge in [0.25, 0.3) is 5.91 Å². The maximum absolute atomic E-state index is 12.7. The van der Waals surface area contributed by atoms with Crippen molar-refractivity contribution in [3.63, 3.8) is 0 Å². The van der Waals surface area contributed by atoms with E-state index in [2.05, 4.69) is 10.1 Å². The van der Waals surface area contributed by atoms with E-state index >= 15 is 0 Å². The molecule has 3 heterocycles. The van der Waals surface area contributed by atoms with Crippen LogP contribution in [0.15, 0.2) is 60.9 Å². The van der Waals surface area contributed by atoms with Gasteiger partial charge in [-0.25, -0.2) is 0 Å². The van der Waals surface area contributed by atoms with Crippen LogP contribution in [0, 0.1) is 5.92 Å². The molecular formula is C20H22N4O. The van der Waals surface area contributed by atoms with Crippen LogP contribution in [0.2, 0.25) is 0 Å². The van der Waals surface area contributed by atoms with E-state index in [0.29, 0.717) is 11.6 Å². The topological polar surface area (TPSA) is 53.9 Å². The minimum Gasteiger partial charge on any atom is -0.351 e. The molecule has 0 saturated carbocycles. The highest BCUT2D eigenvalue weighted by Gasteiger charge is 2.24. The average Bonchev–Trinajstić information content (AvgIpc) is 3.34. The Balaban J connectivity index is 1.37. The van der Waals surface area contributed by atoms with Gasteiger partial charge >= 0.3 is 0 Å². The molecular weight excluding hydrogens is 312 g/mol. The molecule has 3 aromatic rings. The van der Waals surface area contributed by atoms with Crippen LogP contribution >= 0.6 is 0 Å². The van der Waals surface area contributed by atoms with Gasteiger partial charge in [0.2, 0.25) is 0 Å². The van der Waals surface area contributed by atoms with E-state index in [-0.39, 0.29) is 5.91 Å². The summed E-state index contributed by atoms with van der Waals surface area (Å²) in [7, 11) is 0. The summed E-state index contributed by atoms with van der Waals surface area (Å²) in [6.07, 6.45) is 5.87. The maximum atomic E-state index is 12.7. The first kappa shape index (κ1) is 15.7. The first-order valence-electron chi connectivity index (χ1n) is 8.81. The molecule has 0 aliphatic carbocycles. The Morgan fingerprint density at radius 1 is 1.08 bits per heavy atom. The summed E-state index contributed by atoms with van der Waals surface area (Å²) in [6.45, 7) is 2.56. The predicted molar refractivity (Wildman–Crippen MR) is 97.1 cm³/mol. The lowest BCUT2D eigenvalue weighted by Gasteiger charge is -2.31. The third-order valence-corrected chi connectivity index (χ3v) is 4.91. The van der Waals surface area contributed by atoms with Crippen molar-refractivity contribution in [3.05, 3.63) is 66.6 Å². The number of aromatic amines is 1. The Hall–Kier alpha value is -2.82. The fraction of sp³-hybridized carbons (Fsp3) is 0.300. The van der Waals surface area contributed by atoms with Crippen LogP contribution in [0.5, 0.6) is 0 Å². The fourth-order valence-electron chi connectivity index (χ4n) is 3.47. The molecule has 1 amide bonds. The van der Waals surface area contributed by atoms with Crippen molar-refractivity contribution in [1.82, 2.24) is 19.7 Å². The molecule has 1 aliphatic heterocycles. The summed E-state index contributed by atoms with van der Waals surface area (Å²) in [5.41, 5.74) is 2.75. The van der Waals surface area contributed by atoms with Gasteiger partial charge in [0, 0.05) is 37.7 Å². The number of nitrogens with one attached hydrogen (secondary N) is 1. The lowest BCUT2D eigenvalue weighted by Crippen LogP contribution is -2.39. The molecule has 0 spiro atoms. The van der Waals surface area contributed by atoms with Crippen LogP contribution in [-0.4, -0.2) is 38.7 Å². The van der Waals surface area contributed by atoms with Crippen molar-refractivity contribution in [3.8, 4) is 11.3 Å². The Morgan fingerprint density at radius 2 is 1.88 bits per heavy atom. The standard InChI is InChI=1S/C20H22N4O/c25-20(19-8-7-18(22-19)17-5-2-1-3-6-17)23-13-9-16(10-14-23)15-24-12-4-11-21-24/h1-8,11-12,16,22H,9-10,13-15H2. The summed E-state index contributed by atoms with van der Waals surface area (Å²) in [5.74, 6) is 0.687. The lowest BCUT2D eigenvalue weighted by atomic mass is 9.96. The Labute approximate surface area is 147 Å². The smallest absolute Gasteiger partial charge is 0.270 e. The normalized spacial score (nSPS) is 15.4. The van der Waals surface area contributed by atoms with E-state index in [1.54, 1.807) is 0 Å². The molecule has 1 fully saturated rings. The number of piperidine rings is 1. The van der Waals surface area contributed by atoms with E-state index in [1.807, 2.05) is 70.5 Å². The van der Waals surface area contributed by atoms with Crippen molar-refractivity contribution in [2.45, 2.75) is 19.4 Å². The summed E-state index contributed by atoms with van der Waals surface area (Å²) in [6, 6.07) is 15.9. The second-order valence-electron chi connectivity index (χ2n) is 6.62. The van der Waals surface area contributed by atoms with Crippen molar-refractivity contribution in [2.75, 3.05) is 13.1 Å². The lowest BCUT2D eigenvalue weighted by molar-refractivity contribution is 0.0676. The van der Waals surface area contributed by atoms with Gasteiger partial charge in [-0.15, -0.1) is 0 Å². The van der Waals surface area contributed by atoms with Crippen molar-refractivity contribution in [1.29, 1.82) is 0 Å². The van der Waals surface area contributed by atoms with Gasteiger partial charge in [-0.1, -0.05) is 30.3 Å². The van der Waals surface area contributed by atoms with Gasteiger partial charge in [0.05, 0.1) is 0 Å². The van der Waals surface area contributed by atoms with E-state index in [0.717, 1.165) is 43.7 Å². The van der Waals surface area contributed by atoms with Crippen LogP contribution in [0.1, 0.15) is 23.3 Å². The highest BCUT2D eigenvalue weighted by atomic mass is 16.2. The second kappa shape index (κ2) is 6.97. The van der Waals surface area contributed by atoms with Crippen LogP contribution in [-0.2, 0) is 6.54 Å². The molecule has 25 heavy (non-hydrogen) atoms. The van der Waals surface area contributed by atoms with E-state index in [4.69, 9.17) is 0 Å². The average molecular weight is 334 g/mol. The van der Waals surface area contributed by atoms with E-state index in [1.165, 1.54) is 0 Å². The molecule has 1 aliphatic rings. The maximum Gasteiger partial charge on any atom is 0.270 e. The third kappa shape index (κ3) is 3.50. The summed E-state index contributed by atoms with van der Waals surface area (Å²) in [4.78, 5) is 18.0. The van der Waals surface area contributed by atoms with Crippen molar-refractivity contribution in [2.24, 2.45) is 5.92 Å². The highest BCUT2D eigenvalue weighted by Crippen LogP contribution is 2.22. The van der Waals surface area contributed by atoms with Gasteiger partial charge in [-0.05, 0) is 42.5 Å². The number of likely N-dealkylation sites (tertiary alicyclic amines) is 1. The zero-order chi connectivity index (χ0) is 17.1. The Kier molecular flexibility index (Phi) is 4.37. The fourth-order valence-corrected chi connectivity index (χ4v) is 3.47. The van der Waals surface area contributed by atoms with Gasteiger partial charge in [-0.3, -0.25) is 9.48 Å². The number of amides is 1. The Morgan fingerprint density at radius 3 is 2.60 bits per heavy atom. The molecule has 1 aromatic carbocycles. The molecule has 0 radical (unpaired) electrons. The number of aromatic nitrogens is 3. The van der Waals surface area contributed by atoms with Crippen LogP contribution in [0.3, 0.4) is 0 Å². The van der Waals surface area contributed by atoms with E-state index < -0.39 is 0 Å². The van der Waals surface area contributed by atoms with Gasteiger partial charge in [0.1, 0.15) is 5.69 Å². The molecule has 0 atom stereocenters. The zero-order valence-electron chi connectivity index (χ0n) is 14.1. The molecule has 0 bridgehead atoms. The number of benzene rings is 1. The number of hydrogen-bond donors (Lipinski definition) is 1. The predicted octanol–water partition coefficient (Wildman–Crippen LogP) is 3.43. The third-order valence-electron chi connectivity index (χ3n) is 4.91. The number of hydrogen-bond acceptors (Lipinski definition) is 2.